The molecule has 1 heterocycles. The Kier molecular flexibility index (Phi) is 3.45. The van der Waals surface area contributed by atoms with Gasteiger partial charge in [-0.25, -0.2) is 18.4 Å². The van der Waals surface area contributed by atoms with E-state index in [1.165, 1.54) is 24.9 Å². The van der Waals surface area contributed by atoms with Crippen molar-refractivity contribution in [2.45, 2.75) is 4.90 Å². The minimum absolute atomic E-state index is 0.113. The molecule has 2 rings (SSSR count). The van der Waals surface area contributed by atoms with Gasteiger partial charge in [0, 0.05) is 12.4 Å². The number of fused-ring (bicyclic) bond motifs is 1. The number of esters is 1. The fourth-order valence-corrected chi connectivity index (χ4v) is 3.09. The van der Waals surface area contributed by atoms with E-state index in [-0.39, 0.29) is 10.6 Å². The van der Waals surface area contributed by atoms with Gasteiger partial charge in [0.1, 0.15) is 16.3 Å². The van der Waals surface area contributed by atoms with Crippen molar-refractivity contribution in [3.63, 3.8) is 0 Å². The van der Waals surface area contributed by atoms with E-state index in [1.54, 1.807) is 19.2 Å². The fraction of sp³-hybridized carbons (Fsp3) is 0.250. The number of aryl methyl sites for hydroxylation is 1. The Morgan fingerprint density at radius 3 is 2.45 bits per heavy atom. The van der Waals surface area contributed by atoms with Crippen LogP contribution in [0.4, 0.5) is 0 Å². The van der Waals surface area contributed by atoms with Gasteiger partial charge in [0.25, 0.3) is 0 Å². The van der Waals surface area contributed by atoms with Crippen LogP contribution in [0.2, 0.25) is 0 Å². The largest absolute Gasteiger partial charge is 0.497 e. The monoisotopic (exact) mass is 298 g/mol. The number of carbonyl (C=O) groups is 1. The lowest BCUT2D eigenvalue weighted by molar-refractivity contribution is 0.0586. The van der Waals surface area contributed by atoms with Crippen molar-refractivity contribution < 1.29 is 22.7 Å². The zero-order valence-corrected chi connectivity index (χ0v) is 12.0. The molecule has 0 unspecified atom stereocenters. The van der Waals surface area contributed by atoms with Crippen LogP contribution in [0.1, 0.15) is 10.5 Å². The zero-order chi connectivity index (χ0) is 15.1. The van der Waals surface area contributed by atoms with Crippen LogP contribution in [-0.2, 0) is 21.8 Å². The molecule has 108 valence electrons. The summed E-state index contributed by atoms with van der Waals surface area (Å²) in [6.45, 7) is 0. The van der Waals surface area contributed by atoms with E-state index in [1.807, 2.05) is 0 Å². The molecule has 20 heavy (non-hydrogen) atoms. The molecule has 2 aromatic rings. The van der Waals surface area contributed by atoms with Crippen LogP contribution in [-0.4, -0.2) is 33.2 Å². The molecule has 0 aliphatic heterocycles. The standard InChI is InChI=1S/C12H14N2O5S/c1-14-9-5-4-7(18-2)6-8(9)11(20(13,16)17)10(14)12(15)19-3/h4-6H,1-3H3,(H2,13,16,17). The Morgan fingerprint density at radius 1 is 1.30 bits per heavy atom. The Hall–Kier alpha value is -2.06. The maximum Gasteiger partial charge on any atom is 0.356 e. The topological polar surface area (TPSA) is 101 Å². The Morgan fingerprint density at radius 2 is 1.95 bits per heavy atom. The molecule has 0 spiro atoms. The van der Waals surface area contributed by atoms with Gasteiger partial charge in [0.05, 0.1) is 19.7 Å². The molecule has 0 saturated carbocycles. The quantitative estimate of drug-likeness (QED) is 0.837. The summed E-state index contributed by atoms with van der Waals surface area (Å²) in [4.78, 5) is 11.6. The van der Waals surface area contributed by atoms with Crippen molar-refractivity contribution in [2.75, 3.05) is 14.2 Å². The van der Waals surface area contributed by atoms with E-state index in [0.717, 1.165) is 0 Å². The maximum atomic E-state index is 11.8. The van der Waals surface area contributed by atoms with Crippen LogP contribution in [0.15, 0.2) is 23.1 Å². The minimum atomic E-state index is -4.10. The molecule has 2 N–H and O–H groups in total. The summed E-state index contributed by atoms with van der Waals surface area (Å²) >= 11 is 0. The second kappa shape index (κ2) is 4.80. The van der Waals surface area contributed by atoms with Gasteiger partial charge >= 0.3 is 5.97 Å². The van der Waals surface area contributed by atoms with Crippen molar-refractivity contribution in [1.29, 1.82) is 0 Å². The van der Waals surface area contributed by atoms with Crippen molar-refractivity contribution in [1.82, 2.24) is 4.57 Å². The molecule has 0 amide bonds. The van der Waals surface area contributed by atoms with Crippen LogP contribution < -0.4 is 9.88 Å². The number of rotatable bonds is 3. The smallest absolute Gasteiger partial charge is 0.356 e. The highest BCUT2D eigenvalue weighted by molar-refractivity contribution is 7.89. The lowest BCUT2D eigenvalue weighted by Gasteiger charge is -2.03. The van der Waals surface area contributed by atoms with E-state index in [4.69, 9.17) is 9.88 Å². The Labute approximate surface area is 115 Å². The molecule has 7 nitrogen and oxygen atoms in total. The number of ether oxygens (including phenoxy) is 2. The number of nitrogens with zero attached hydrogens (tertiary/aromatic N) is 1. The van der Waals surface area contributed by atoms with Crippen LogP contribution in [0.3, 0.4) is 0 Å². The number of sulfonamides is 1. The molecule has 0 fully saturated rings. The normalized spacial score (nSPS) is 11.6. The number of aromatic nitrogens is 1. The molecule has 0 radical (unpaired) electrons. The summed E-state index contributed by atoms with van der Waals surface area (Å²) in [5, 5.41) is 5.55. The number of nitrogens with two attached hydrogens (primary N) is 1. The highest BCUT2D eigenvalue weighted by Gasteiger charge is 2.28. The highest BCUT2D eigenvalue weighted by Crippen LogP contribution is 2.31. The average molecular weight is 298 g/mol. The summed E-state index contributed by atoms with van der Waals surface area (Å²) in [6, 6.07) is 4.83. The van der Waals surface area contributed by atoms with Gasteiger partial charge in [-0.3, -0.25) is 0 Å². The zero-order valence-electron chi connectivity index (χ0n) is 11.2. The summed E-state index contributed by atoms with van der Waals surface area (Å²) < 4.78 is 34.8. The number of hydrogen-bond donors (Lipinski definition) is 1. The Bertz CT molecular complexity index is 792. The molecule has 0 aliphatic carbocycles. The maximum absolute atomic E-state index is 11.8. The molecular weight excluding hydrogens is 284 g/mol. The number of carbonyl (C=O) groups excluding carboxylic acids is 1. The van der Waals surface area contributed by atoms with Crippen LogP contribution in [0.25, 0.3) is 10.9 Å². The van der Waals surface area contributed by atoms with Gasteiger partial charge in [0.2, 0.25) is 10.0 Å². The summed E-state index contributed by atoms with van der Waals surface area (Å²) in [6.07, 6.45) is 0. The second-order valence-corrected chi connectivity index (χ2v) is 5.65. The number of hydrogen-bond acceptors (Lipinski definition) is 5. The predicted molar refractivity (Wildman–Crippen MR) is 72.2 cm³/mol. The summed E-state index contributed by atoms with van der Waals surface area (Å²) in [5.41, 5.74) is 0.425. The minimum Gasteiger partial charge on any atom is -0.497 e. The van der Waals surface area contributed by atoms with E-state index >= 15 is 0 Å². The first-order valence-corrected chi connectivity index (χ1v) is 7.13. The molecule has 0 saturated heterocycles. The van der Waals surface area contributed by atoms with Gasteiger partial charge in [-0.15, -0.1) is 0 Å². The molecule has 0 bridgehead atoms. The molecule has 1 aromatic carbocycles. The van der Waals surface area contributed by atoms with Gasteiger partial charge in [-0.1, -0.05) is 0 Å². The number of benzene rings is 1. The van der Waals surface area contributed by atoms with E-state index in [0.29, 0.717) is 16.7 Å². The van der Waals surface area contributed by atoms with Gasteiger partial charge < -0.3 is 14.0 Å². The number of primary sulfonamides is 1. The third kappa shape index (κ3) is 2.12. The first kappa shape index (κ1) is 14.4. The summed E-state index contributed by atoms with van der Waals surface area (Å²) in [5.74, 6) is -0.309. The van der Waals surface area contributed by atoms with Crippen molar-refractivity contribution in [2.24, 2.45) is 12.2 Å². The lowest BCUT2D eigenvalue weighted by Crippen LogP contribution is -2.18. The fourth-order valence-electron chi connectivity index (χ4n) is 2.13. The predicted octanol–water partition coefficient (Wildman–Crippen LogP) is 0.621. The molecule has 0 atom stereocenters. The Balaban J connectivity index is 2.98. The second-order valence-electron chi connectivity index (χ2n) is 4.16. The molecular formula is C12H14N2O5S. The van der Waals surface area contributed by atoms with Crippen LogP contribution in [0.5, 0.6) is 5.75 Å². The molecule has 1 aromatic heterocycles. The van der Waals surface area contributed by atoms with E-state index in [9.17, 15) is 13.2 Å². The van der Waals surface area contributed by atoms with Gasteiger partial charge in [-0.2, -0.15) is 0 Å². The van der Waals surface area contributed by atoms with Crippen molar-refractivity contribution in [3.8, 4) is 5.75 Å². The lowest BCUT2D eigenvalue weighted by atomic mass is 10.2. The van der Waals surface area contributed by atoms with Crippen molar-refractivity contribution >= 4 is 26.9 Å². The summed E-state index contributed by atoms with van der Waals surface area (Å²) in [7, 11) is 0.103. The first-order valence-electron chi connectivity index (χ1n) is 5.58. The van der Waals surface area contributed by atoms with E-state index in [2.05, 4.69) is 4.74 Å². The molecule has 0 aliphatic rings. The first-order chi connectivity index (χ1) is 9.31. The SMILES string of the molecule is COC(=O)c1c(S(N)(=O)=O)c2cc(OC)ccc2n1C. The van der Waals surface area contributed by atoms with Crippen LogP contribution >= 0.6 is 0 Å². The van der Waals surface area contributed by atoms with Gasteiger partial charge in [0.15, 0.2) is 0 Å². The van der Waals surface area contributed by atoms with E-state index < -0.39 is 16.0 Å². The third-order valence-corrected chi connectivity index (χ3v) is 4.01. The highest BCUT2D eigenvalue weighted by atomic mass is 32.2. The average Bonchev–Trinajstić information content (AvgIpc) is 2.70. The van der Waals surface area contributed by atoms with Crippen LogP contribution in [0, 0.1) is 0 Å². The van der Waals surface area contributed by atoms with Crippen molar-refractivity contribution in [3.05, 3.63) is 23.9 Å². The third-order valence-electron chi connectivity index (χ3n) is 3.02. The molecule has 8 heteroatoms. The number of methoxy groups -OCH3 is 2. The van der Waals surface area contributed by atoms with Gasteiger partial charge in [-0.05, 0) is 18.2 Å².